The molecule has 0 saturated carbocycles. The number of pyridine rings is 1. The van der Waals surface area contributed by atoms with Crippen molar-refractivity contribution >= 4 is 23.2 Å². The molecule has 0 radical (unpaired) electrons. The topological polar surface area (TPSA) is 80.3 Å². The summed E-state index contributed by atoms with van der Waals surface area (Å²) in [7, 11) is 1.53. The van der Waals surface area contributed by atoms with Crippen molar-refractivity contribution in [2.24, 2.45) is 0 Å². The first-order valence-corrected chi connectivity index (χ1v) is 9.30. The van der Waals surface area contributed by atoms with Crippen LogP contribution in [-0.4, -0.2) is 23.9 Å². The molecule has 0 atom stereocenters. The summed E-state index contributed by atoms with van der Waals surface area (Å²) in [6.07, 6.45) is 1.44. The maximum absolute atomic E-state index is 12.7. The summed E-state index contributed by atoms with van der Waals surface area (Å²) in [5.41, 5.74) is 2.82. The minimum atomic E-state index is -0.424. The zero-order valence-corrected chi connectivity index (χ0v) is 16.6. The number of anilines is 2. The van der Waals surface area contributed by atoms with Crippen LogP contribution in [0.3, 0.4) is 0 Å². The summed E-state index contributed by atoms with van der Waals surface area (Å²) in [4.78, 5) is 29.4. The van der Waals surface area contributed by atoms with E-state index >= 15 is 0 Å². The van der Waals surface area contributed by atoms with Gasteiger partial charge >= 0.3 is 0 Å². The first-order valence-electron chi connectivity index (χ1n) is 9.30. The van der Waals surface area contributed by atoms with E-state index < -0.39 is 5.91 Å². The highest BCUT2D eigenvalue weighted by molar-refractivity contribution is 6.08. The number of carbonyl (C=O) groups is 2. The van der Waals surface area contributed by atoms with Gasteiger partial charge < -0.3 is 15.4 Å². The van der Waals surface area contributed by atoms with Crippen LogP contribution in [0.4, 0.5) is 11.4 Å². The lowest BCUT2D eigenvalue weighted by molar-refractivity contribution is 0.102. The molecule has 1 aromatic heterocycles. The van der Waals surface area contributed by atoms with Crippen molar-refractivity contribution < 1.29 is 14.3 Å². The summed E-state index contributed by atoms with van der Waals surface area (Å²) < 4.78 is 5.24. The zero-order chi connectivity index (χ0) is 20.8. The van der Waals surface area contributed by atoms with Crippen LogP contribution in [0.1, 0.15) is 46.2 Å². The van der Waals surface area contributed by atoms with E-state index in [2.05, 4.69) is 29.5 Å². The van der Waals surface area contributed by atoms with Crippen molar-refractivity contribution in [2.75, 3.05) is 17.7 Å². The largest absolute Gasteiger partial charge is 0.495 e. The number of rotatable bonds is 6. The maximum atomic E-state index is 12.7. The molecule has 1 heterocycles. The van der Waals surface area contributed by atoms with Crippen LogP contribution in [0.25, 0.3) is 0 Å². The van der Waals surface area contributed by atoms with Crippen LogP contribution in [0, 0.1) is 0 Å². The minimum absolute atomic E-state index is 0.140. The van der Waals surface area contributed by atoms with Crippen molar-refractivity contribution in [1.29, 1.82) is 0 Å². The molecule has 2 aromatic carbocycles. The fourth-order valence-corrected chi connectivity index (χ4v) is 2.94. The third-order valence-corrected chi connectivity index (χ3v) is 4.44. The average molecular weight is 389 g/mol. The second-order valence-corrected chi connectivity index (χ2v) is 6.78. The normalized spacial score (nSPS) is 10.5. The van der Waals surface area contributed by atoms with E-state index in [9.17, 15) is 9.59 Å². The van der Waals surface area contributed by atoms with E-state index in [-0.39, 0.29) is 17.5 Å². The second kappa shape index (κ2) is 9.01. The number of nitrogens with one attached hydrogen (secondary N) is 2. The summed E-state index contributed by atoms with van der Waals surface area (Å²) >= 11 is 0. The van der Waals surface area contributed by atoms with Gasteiger partial charge in [0, 0.05) is 17.4 Å². The fraction of sp³-hybridized carbons (Fsp3) is 0.174. The number of ether oxygens (including phenoxy) is 1. The van der Waals surface area contributed by atoms with Crippen LogP contribution in [0.2, 0.25) is 0 Å². The van der Waals surface area contributed by atoms with E-state index in [1.165, 1.54) is 19.4 Å². The van der Waals surface area contributed by atoms with Crippen molar-refractivity contribution in [3.8, 4) is 5.75 Å². The van der Waals surface area contributed by atoms with Gasteiger partial charge in [0.15, 0.2) is 0 Å². The summed E-state index contributed by atoms with van der Waals surface area (Å²) in [5, 5.41) is 5.68. The van der Waals surface area contributed by atoms with Crippen LogP contribution in [0.5, 0.6) is 5.75 Å². The van der Waals surface area contributed by atoms with E-state index in [4.69, 9.17) is 4.74 Å². The molecule has 3 rings (SSSR count). The molecule has 148 valence electrons. The summed E-state index contributed by atoms with van der Waals surface area (Å²) in [5.74, 6) is 0.0877. The Morgan fingerprint density at radius 3 is 2.28 bits per heavy atom. The van der Waals surface area contributed by atoms with Gasteiger partial charge in [0.25, 0.3) is 11.8 Å². The first kappa shape index (κ1) is 20.1. The number of hydrogen-bond acceptors (Lipinski definition) is 4. The number of nitrogens with zero attached hydrogens (tertiary/aromatic N) is 1. The molecule has 0 bridgehead atoms. The Hall–Kier alpha value is -3.67. The lowest BCUT2D eigenvalue weighted by atomic mass is 10.0. The van der Waals surface area contributed by atoms with E-state index in [0.29, 0.717) is 17.0 Å². The van der Waals surface area contributed by atoms with Gasteiger partial charge in [-0.25, -0.2) is 0 Å². The lowest BCUT2D eigenvalue weighted by Gasteiger charge is -2.14. The summed E-state index contributed by atoms with van der Waals surface area (Å²) in [6, 6.07) is 17.8. The first-order chi connectivity index (χ1) is 14.0. The van der Waals surface area contributed by atoms with Crippen LogP contribution >= 0.6 is 0 Å². The molecule has 0 aliphatic heterocycles. The molecule has 3 aromatic rings. The second-order valence-electron chi connectivity index (χ2n) is 6.78. The SMILES string of the molecule is COc1ccccc1NC(=O)c1cc(C(=O)Nc2ccccc2C(C)C)ccn1. The van der Waals surface area contributed by atoms with E-state index in [0.717, 1.165) is 11.3 Å². The quantitative estimate of drug-likeness (QED) is 0.639. The van der Waals surface area contributed by atoms with Crippen LogP contribution in [0.15, 0.2) is 66.9 Å². The Labute approximate surface area is 169 Å². The highest BCUT2D eigenvalue weighted by Gasteiger charge is 2.15. The van der Waals surface area contributed by atoms with Gasteiger partial charge in [-0.1, -0.05) is 44.2 Å². The monoisotopic (exact) mass is 389 g/mol. The minimum Gasteiger partial charge on any atom is -0.495 e. The molecule has 2 amide bonds. The van der Waals surface area contributed by atoms with Crippen LogP contribution in [-0.2, 0) is 0 Å². The maximum Gasteiger partial charge on any atom is 0.274 e. The Morgan fingerprint density at radius 1 is 0.897 bits per heavy atom. The number of amides is 2. The average Bonchev–Trinajstić information content (AvgIpc) is 2.74. The van der Waals surface area contributed by atoms with Crippen LogP contribution < -0.4 is 15.4 Å². The van der Waals surface area contributed by atoms with E-state index in [1.54, 1.807) is 24.3 Å². The Morgan fingerprint density at radius 2 is 1.55 bits per heavy atom. The standard InChI is InChI=1S/C23H23N3O3/c1-15(2)17-8-4-5-9-18(17)25-22(27)16-12-13-24-20(14-16)23(28)26-19-10-6-7-11-21(19)29-3/h4-15H,1-3H3,(H,25,27)(H,26,28). The molecule has 0 aliphatic rings. The number of carbonyl (C=O) groups excluding carboxylic acids is 2. The molecular formula is C23H23N3O3. The highest BCUT2D eigenvalue weighted by atomic mass is 16.5. The van der Waals surface area contributed by atoms with Crippen molar-refractivity contribution in [2.45, 2.75) is 19.8 Å². The smallest absolute Gasteiger partial charge is 0.274 e. The number of aromatic nitrogens is 1. The third-order valence-electron chi connectivity index (χ3n) is 4.44. The number of hydrogen-bond donors (Lipinski definition) is 2. The molecule has 0 aliphatic carbocycles. The molecule has 0 fully saturated rings. The number of para-hydroxylation sites is 3. The molecule has 0 saturated heterocycles. The molecular weight excluding hydrogens is 366 g/mol. The van der Waals surface area contributed by atoms with Gasteiger partial charge in [0.05, 0.1) is 12.8 Å². The molecule has 0 unspecified atom stereocenters. The van der Waals surface area contributed by atoms with Gasteiger partial charge in [0.1, 0.15) is 11.4 Å². The molecule has 29 heavy (non-hydrogen) atoms. The predicted octanol–water partition coefficient (Wildman–Crippen LogP) is 4.72. The van der Waals surface area contributed by atoms with Gasteiger partial charge in [-0.2, -0.15) is 0 Å². The molecule has 6 nitrogen and oxygen atoms in total. The number of benzene rings is 2. The van der Waals surface area contributed by atoms with Crippen molar-refractivity contribution in [3.63, 3.8) is 0 Å². The van der Waals surface area contributed by atoms with Gasteiger partial charge in [-0.05, 0) is 41.8 Å². The fourth-order valence-electron chi connectivity index (χ4n) is 2.94. The predicted molar refractivity (Wildman–Crippen MR) is 114 cm³/mol. The Kier molecular flexibility index (Phi) is 6.24. The van der Waals surface area contributed by atoms with Crippen molar-refractivity contribution in [3.05, 3.63) is 83.7 Å². The van der Waals surface area contributed by atoms with Gasteiger partial charge in [-0.15, -0.1) is 0 Å². The van der Waals surface area contributed by atoms with Gasteiger partial charge in [-0.3, -0.25) is 14.6 Å². The summed E-state index contributed by atoms with van der Waals surface area (Å²) in [6.45, 7) is 4.13. The molecule has 6 heteroatoms. The zero-order valence-electron chi connectivity index (χ0n) is 16.6. The number of methoxy groups -OCH3 is 1. The van der Waals surface area contributed by atoms with Crippen molar-refractivity contribution in [1.82, 2.24) is 4.98 Å². The molecule has 2 N–H and O–H groups in total. The Bertz CT molecular complexity index is 1030. The van der Waals surface area contributed by atoms with E-state index in [1.807, 2.05) is 30.3 Å². The van der Waals surface area contributed by atoms with Gasteiger partial charge in [0.2, 0.25) is 0 Å². The molecule has 0 spiro atoms. The highest BCUT2D eigenvalue weighted by Crippen LogP contribution is 2.25. The lowest BCUT2D eigenvalue weighted by Crippen LogP contribution is -2.17. The Balaban J connectivity index is 1.79. The third kappa shape index (κ3) is 4.79.